The predicted octanol–water partition coefficient (Wildman–Crippen LogP) is 5.21. The van der Waals surface area contributed by atoms with Gasteiger partial charge in [-0.1, -0.05) is 56.4 Å². The highest BCUT2D eigenvalue weighted by Crippen LogP contribution is 2.28. The van der Waals surface area contributed by atoms with Crippen LogP contribution in [0.1, 0.15) is 56.6 Å². The number of anilines is 1. The number of amides is 1. The topological polar surface area (TPSA) is 65.5 Å². The quantitative estimate of drug-likeness (QED) is 0.658. The molecule has 1 atom stereocenters. The Morgan fingerprint density at radius 1 is 1.21 bits per heavy atom. The van der Waals surface area contributed by atoms with E-state index in [9.17, 15) is 9.90 Å². The summed E-state index contributed by atoms with van der Waals surface area (Å²) in [5.74, 6) is 0.826. The molecule has 0 radical (unpaired) electrons. The molecule has 150 valence electrons. The lowest BCUT2D eigenvalue weighted by Crippen LogP contribution is -2.32. The van der Waals surface area contributed by atoms with Crippen molar-refractivity contribution in [1.29, 1.82) is 0 Å². The molecule has 5 nitrogen and oxygen atoms in total. The normalized spacial score (nSPS) is 15.9. The van der Waals surface area contributed by atoms with Gasteiger partial charge in [0.25, 0.3) is 0 Å². The standard InChI is InChI=1S/C23H31N3O2/c1-18(14-19-8-3-2-4-9-19)25-16-21-11-5-6-12-22(21)26(23(27)28)17-20-10-7-13-24-15-20/h5-7,10-13,15,18-19,25H,2-4,8-9,14,16-17H2,1H3,(H,27,28)/t18-/m0/s1. The Balaban J connectivity index is 1.66. The summed E-state index contributed by atoms with van der Waals surface area (Å²) in [6.07, 6.45) is 10.5. The van der Waals surface area contributed by atoms with Crippen LogP contribution in [0.3, 0.4) is 0 Å². The van der Waals surface area contributed by atoms with Crippen LogP contribution in [-0.4, -0.2) is 22.2 Å². The highest BCUT2D eigenvalue weighted by atomic mass is 16.4. The zero-order valence-corrected chi connectivity index (χ0v) is 16.7. The molecule has 3 rings (SSSR count). The van der Waals surface area contributed by atoms with Gasteiger partial charge in [-0.3, -0.25) is 9.88 Å². The lowest BCUT2D eigenvalue weighted by atomic mass is 9.85. The van der Waals surface area contributed by atoms with E-state index in [0.717, 1.165) is 22.7 Å². The number of hydrogen-bond donors (Lipinski definition) is 2. The van der Waals surface area contributed by atoms with Crippen LogP contribution in [0.5, 0.6) is 0 Å². The van der Waals surface area contributed by atoms with Gasteiger partial charge in [0.15, 0.2) is 0 Å². The predicted molar refractivity (Wildman–Crippen MR) is 112 cm³/mol. The van der Waals surface area contributed by atoms with Crippen molar-refractivity contribution < 1.29 is 9.90 Å². The monoisotopic (exact) mass is 381 g/mol. The Morgan fingerprint density at radius 3 is 2.71 bits per heavy atom. The maximum Gasteiger partial charge on any atom is 0.412 e. The maximum absolute atomic E-state index is 11.9. The van der Waals surface area contributed by atoms with Gasteiger partial charge in [-0.2, -0.15) is 0 Å². The molecule has 1 aromatic heterocycles. The molecule has 28 heavy (non-hydrogen) atoms. The number of benzene rings is 1. The van der Waals surface area contributed by atoms with Gasteiger partial charge in [0.05, 0.1) is 12.2 Å². The van der Waals surface area contributed by atoms with Gasteiger partial charge in [-0.05, 0) is 42.5 Å². The van der Waals surface area contributed by atoms with Crippen molar-refractivity contribution in [3.63, 3.8) is 0 Å². The number of rotatable bonds is 8. The highest BCUT2D eigenvalue weighted by molar-refractivity contribution is 5.87. The smallest absolute Gasteiger partial charge is 0.412 e. The number of nitrogens with one attached hydrogen (secondary N) is 1. The van der Waals surface area contributed by atoms with Crippen molar-refractivity contribution in [1.82, 2.24) is 10.3 Å². The van der Waals surface area contributed by atoms with E-state index < -0.39 is 6.09 Å². The summed E-state index contributed by atoms with van der Waals surface area (Å²) < 4.78 is 0. The van der Waals surface area contributed by atoms with E-state index in [4.69, 9.17) is 0 Å². The zero-order chi connectivity index (χ0) is 19.8. The maximum atomic E-state index is 11.9. The van der Waals surface area contributed by atoms with Crippen LogP contribution >= 0.6 is 0 Å². The molecule has 0 unspecified atom stereocenters. The van der Waals surface area contributed by atoms with Gasteiger partial charge in [-0.15, -0.1) is 0 Å². The number of nitrogens with zero attached hydrogens (tertiary/aromatic N) is 2. The first-order valence-electron chi connectivity index (χ1n) is 10.3. The fourth-order valence-corrected chi connectivity index (χ4v) is 4.14. The van der Waals surface area contributed by atoms with Crippen molar-refractivity contribution in [3.05, 3.63) is 59.9 Å². The molecule has 1 saturated carbocycles. The number of hydrogen-bond acceptors (Lipinski definition) is 3. The number of pyridine rings is 1. The third-order valence-electron chi connectivity index (χ3n) is 5.63. The number of carboxylic acid groups (broad SMARTS) is 1. The van der Waals surface area contributed by atoms with Crippen LogP contribution < -0.4 is 10.2 Å². The molecule has 2 N–H and O–H groups in total. The van der Waals surface area contributed by atoms with Crippen LogP contribution in [0.25, 0.3) is 0 Å². The molecule has 1 aliphatic rings. The van der Waals surface area contributed by atoms with Gasteiger partial charge < -0.3 is 10.4 Å². The van der Waals surface area contributed by atoms with Crippen LogP contribution in [-0.2, 0) is 13.1 Å². The van der Waals surface area contributed by atoms with Gasteiger partial charge in [0, 0.05) is 25.0 Å². The van der Waals surface area contributed by atoms with Crippen molar-refractivity contribution in [2.75, 3.05) is 4.90 Å². The van der Waals surface area contributed by atoms with Gasteiger partial charge in [-0.25, -0.2) is 4.79 Å². The fraction of sp³-hybridized carbons (Fsp3) is 0.478. The minimum atomic E-state index is -0.952. The molecule has 5 heteroatoms. The molecular weight excluding hydrogens is 350 g/mol. The second-order valence-corrected chi connectivity index (χ2v) is 7.88. The molecule has 0 bridgehead atoms. The Kier molecular flexibility index (Phi) is 7.43. The fourth-order valence-electron chi connectivity index (χ4n) is 4.14. The Hall–Kier alpha value is -2.40. The van der Waals surface area contributed by atoms with Gasteiger partial charge in [0.2, 0.25) is 0 Å². The summed E-state index contributed by atoms with van der Waals surface area (Å²) in [5, 5.41) is 13.4. The average Bonchev–Trinajstić information content (AvgIpc) is 2.72. The zero-order valence-electron chi connectivity index (χ0n) is 16.7. The van der Waals surface area contributed by atoms with Crippen molar-refractivity contribution in [2.24, 2.45) is 5.92 Å². The molecule has 0 spiro atoms. The largest absolute Gasteiger partial charge is 0.465 e. The van der Waals surface area contributed by atoms with Crippen LogP contribution in [0.2, 0.25) is 0 Å². The van der Waals surface area contributed by atoms with Gasteiger partial charge >= 0.3 is 6.09 Å². The minimum Gasteiger partial charge on any atom is -0.465 e. The molecule has 1 aromatic carbocycles. The van der Waals surface area contributed by atoms with E-state index in [0.29, 0.717) is 12.6 Å². The lowest BCUT2D eigenvalue weighted by molar-refractivity contribution is 0.201. The van der Waals surface area contributed by atoms with Crippen LogP contribution in [0.15, 0.2) is 48.8 Å². The third-order valence-corrected chi connectivity index (χ3v) is 5.63. The average molecular weight is 382 g/mol. The molecule has 0 aliphatic heterocycles. The molecule has 2 aromatic rings. The van der Waals surface area contributed by atoms with E-state index in [1.807, 2.05) is 36.4 Å². The molecule has 1 heterocycles. The third kappa shape index (κ3) is 5.80. The van der Waals surface area contributed by atoms with Crippen molar-refractivity contribution >= 4 is 11.8 Å². The highest BCUT2D eigenvalue weighted by Gasteiger charge is 2.20. The molecular formula is C23H31N3O2. The summed E-state index contributed by atoms with van der Waals surface area (Å²) in [7, 11) is 0. The van der Waals surface area contributed by atoms with E-state index >= 15 is 0 Å². The SMILES string of the molecule is C[C@@H](CC1CCCCC1)NCc1ccccc1N(Cc1cccnc1)C(=O)O. The summed E-state index contributed by atoms with van der Waals surface area (Å²) in [4.78, 5) is 17.4. The summed E-state index contributed by atoms with van der Waals surface area (Å²) in [5.41, 5.74) is 2.61. The van der Waals surface area contributed by atoms with E-state index in [1.54, 1.807) is 12.4 Å². The summed E-state index contributed by atoms with van der Waals surface area (Å²) in [6, 6.07) is 11.9. The second-order valence-electron chi connectivity index (χ2n) is 7.88. The van der Waals surface area contributed by atoms with Crippen LogP contribution in [0.4, 0.5) is 10.5 Å². The van der Waals surface area contributed by atoms with Crippen LogP contribution in [0, 0.1) is 5.92 Å². The number of aromatic nitrogens is 1. The first-order valence-corrected chi connectivity index (χ1v) is 10.3. The van der Waals surface area contributed by atoms with E-state index in [2.05, 4.69) is 17.2 Å². The number of carbonyl (C=O) groups is 1. The Morgan fingerprint density at radius 2 is 2.00 bits per heavy atom. The first kappa shape index (κ1) is 20.3. The first-order chi connectivity index (χ1) is 13.6. The number of para-hydroxylation sites is 1. The van der Waals surface area contributed by atoms with Gasteiger partial charge in [0.1, 0.15) is 0 Å². The van der Waals surface area contributed by atoms with Crippen molar-refractivity contribution in [2.45, 2.75) is 64.6 Å². The molecule has 1 aliphatic carbocycles. The van der Waals surface area contributed by atoms with Crippen molar-refractivity contribution in [3.8, 4) is 0 Å². The van der Waals surface area contributed by atoms with E-state index in [-0.39, 0.29) is 6.54 Å². The summed E-state index contributed by atoms with van der Waals surface area (Å²) in [6.45, 7) is 3.19. The second kappa shape index (κ2) is 10.2. The molecule has 1 fully saturated rings. The lowest BCUT2D eigenvalue weighted by Gasteiger charge is -2.26. The summed E-state index contributed by atoms with van der Waals surface area (Å²) >= 11 is 0. The Bertz CT molecular complexity index is 745. The minimum absolute atomic E-state index is 0.289. The van der Waals surface area contributed by atoms with E-state index in [1.165, 1.54) is 43.4 Å². The molecule has 0 saturated heterocycles. The Labute approximate surface area is 167 Å². The molecule has 1 amide bonds.